The minimum Gasteiger partial charge on any atom is -0.466 e. The Balaban J connectivity index is 3.20. The molecule has 3 heteroatoms. The second-order valence-corrected chi connectivity index (χ2v) is 3.99. The maximum absolute atomic E-state index is 11.0. The van der Waals surface area contributed by atoms with Gasteiger partial charge in [0.15, 0.2) is 0 Å². The number of ether oxygens (including phenoxy) is 1. The fraction of sp³-hybridized carbons (Fsp3) is 0.900. The predicted molar refractivity (Wildman–Crippen MR) is 55.0 cm³/mol. The SMILES string of the molecule is CCCCCOC(=O)CCC(C)Cl. The molecule has 0 bridgehead atoms. The van der Waals surface area contributed by atoms with Crippen molar-refractivity contribution in [2.75, 3.05) is 6.61 Å². The van der Waals surface area contributed by atoms with E-state index in [0.29, 0.717) is 19.4 Å². The summed E-state index contributed by atoms with van der Waals surface area (Å²) in [5, 5.41) is 0.0585. The van der Waals surface area contributed by atoms with Crippen molar-refractivity contribution in [3.8, 4) is 0 Å². The van der Waals surface area contributed by atoms with Crippen LogP contribution >= 0.6 is 11.6 Å². The molecule has 0 N–H and O–H groups in total. The molecule has 0 saturated heterocycles. The van der Waals surface area contributed by atoms with E-state index in [9.17, 15) is 4.79 Å². The Bertz CT molecular complexity index is 135. The van der Waals surface area contributed by atoms with Crippen molar-refractivity contribution in [3.63, 3.8) is 0 Å². The monoisotopic (exact) mass is 206 g/mol. The Kier molecular flexibility index (Phi) is 8.21. The molecule has 0 aromatic heterocycles. The number of hydrogen-bond donors (Lipinski definition) is 0. The van der Waals surface area contributed by atoms with Gasteiger partial charge in [0.1, 0.15) is 0 Å². The number of unbranched alkanes of at least 4 members (excludes halogenated alkanes) is 2. The van der Waals surface area contributed by atoms with Gasteiger partial charge in [-0.2, -0.15) is 0 Å². The molecule has 0 heterocycles. The number of hydrogen-bond acceptors (Lipinski definition) is 2. The van der Waals surface area contributed by atoms with Crippen LogP contribution in [0.5, 0.6) is 0 Å². The van der Waals surface area contributed by atoms with Crippen LogP contribution in [0.15, 0.2) is 0 Å². The topological polar surface area (TPSA) is 26.3 Å². The fourth-order valence-electron chi connectivity index (χ4n) is 0.927. The molecule has 0 aromatic carbocycles. The summed E-state index contributed by atoms with van der Waals surface area (Å²) in [5.41, 5.74) is 0. The van der Waals surface area contributed by atoms with E-state index in [1.807, 2.05) is 6.92 Å². The molecule has 1 atom stereocenters. The van der Waals surface area contributed by atoms with E-state index in [0.717, 1.165) is 19.3 Å². The molecule has 0 saturated carbocycles. The molecule has 13 heavy (non-hydrogen) atoms. The van der Waals surface area contributed by atoms with Gasteiger partial charge in [0, 0.05) is 11.8 Å². The van der Waals surface area contributed by atoms with Gasteiger partial charge in [-0.15, -0.1) is 11.6 Å². The molecular weight excluding hydrogens is 188 g/mol. The maximum Gasteiger partial charge on any atom is 0.305 e. The van der Waals surface area contributed by atoms with Crippen LogP contribution in [0.1, 0.15) is 46.0 Å². The van der Waals surface area contributed by atoms with Crippen molar-refractivity contribution in [2.24, 2.45) is 0 Å². The molecule has 0 spiro atoms. The van der Waals surface area contributed by atoms with Crippen molar-refractivity contribution in [1.29, 1.82) is 0 Å². The van der Waals surface area contributed by atoms with Gasteiger partial charge >= 0.3 is 5.97 Å². The summed E-state index contributed by atoms with van der Waals surface area (Å²) in [6.45, 7) is 4.56. The molecule has 2 nitrogen and oxygen atoms in total. The Morgan fingerprint density at radius 1 is 1.46 bits per heavy atom. The van der Waals surface area contributed by atoms with E-state index in [2.05, 4.69) is 6.92 Å². The van der Waals surface area contributed by atoms with Crippen molar-refractivity contribution >= 4 is 17.6 Å². The lowest BCUT2D eigenvalue weighted by Gasteiger charge is -2.04. The summed E-state index contributed by atoms with van der Waals surface area (Å²) < 4.78 is 5.00. The van der Waals surface area contributed by atoms with Crippen LogP contribution < -0.4 is 0 Å². The number of esters is 1. The van der Waals surface area contributed by atoms with E-state index in [-0.39, 0.29) is 11.3 Å². The van der Waals surface area contributed by atoms with Gasteiger partial charge in [0.05, 0.1) is 6.61 Å². The highest BCUT2D eigenvalue weighted by Gasteiger charge is 2.04. The molecule has 0 aromatic rings. The minimum absolute atomic E-state index is 0.0585. The third-order valence-corrected chi connectivity index (χ3v) is 1.98. The first-order chi connectivity index (χ1) is 6.16. The standard InChI is InChI=1S/C10H19ClO2/c1-3-4-5-8-13-10(12)7-6-9(2)11/h9H,3-8H2,1-2H3. The zero-order valence-corrected chi connectivity index (χ0v) is 9.27. The average Bonchev–Trinajstić information content (AvgIpc) is 2.09. The molecule has 0 aliphatic rings. The van der Waals surface area contributed by atoms with Crippen molar-refractivity contribution < 1.29 is 9.53 Å². The summed E-state index contributed by atoms with van der Waals surface area (Å²) >= 11 is 5.70. The molecule has 1 unspecified atom stereocenters. The van der Waals surface area contributed by atoms with Crippen LogP contribution in [0.25, 0.3) is 0 Å². The minimum atomic E-state index is -0.122. The molecule has 0 amide bonds. The predicted octanol–water partition coefficient (Wildman–Crippen LogP) is 3.13. The van der Waals surface area contributed by atoms with Crippen LogP contribution in [0.2, 0.25) is 0 Å². The van der Waals surface area contributed by atoms with Gasteiger partial charge in [-0.05, 0) is 19.8 Å². The first kappa shape index (κ1) is 12.8. The Hall–Kier alpha value is -0.240. The normalized spacial score (nSPS) is 12.5. The summed E-state index contributed by atoms with van der Waals surface area (Å²) in [6.07, 6.45) is 4.39. The van der Waals surface area contributed by atoms with Crippen molar-refractivity contribution in [3.05, 3.63) is 0 Å². The van der Waals surface area contributed by atoms with Crippen LogP contribution in [0.3, 0.4) is 0 Å². The first-order valence-electron chi connectivity index (χ1n) is 4.96. The quantitative estimate of drug-likeness (QED) is 0.364. The highest BCUT2D eigenvalue weighted by Crippen LogP contribution is 2.05. The second kappa shape index (κ2) is 8.36. The lowest BCUT2D eigenvalue weighted by atomic mass is 10.2. The Morgan fingerprint density at radius 2 is 2.15 bits per heavy atom. The molecule has 0 fully saturated rings. The number of alkyl halides is 1. The van der Waals surface area contributed by atoms with Crippen LogP contribution in [-0.2, 0) is 9.53 Å². The largest absolute Gasteiger partial charge is 0.466 e. The van der Waals surface area contributed by atoms with Gasteiger partial charge in [0.2, 0.25) is 0 Å². The van der Waals surface area contributed by atoms with Crippen molar-refractivity contribution in [2.45, 2.75) is 51.3 Å². The van der Waals surface area contributed by atoms with E-state index in [4.69, 9.17) is 16.3 Å². The number of carbonyl (C=O) groups excluding carboxylic acids is 1. The molecule has 0 radical (unpaired) electrons. The zero-order valence-electron chi connectivity index (χ0n) is 8.51. The van der Waals surface area contributed by atoms with E-state index < -0.39 is 0 Å². The third kappa shape index (κ3) is 9.68. The number of carbonyl (C=O) groups is 1. The van der Waals surface area contributed by atoms with E-state index in [1.165, 1.54) is 0 Å². The summed E-state index contributed by atoms with van der Waals surface area (Å²) in [6, 6.07) is 0. The Labute approximate surface area is 85.6 Å². The van der Waals surface area contributed by atoms with E-state index in [1.54, 1.807) is 0 Å². The van der Waals surface area contributed by atoms with Gasteiger partial charge in [0.25, 0.3) is 0 Å². The molecular formula is C10H19ClO2. The van der Waals surface area contributed by atoms with Crippen LogP contribution in [0, 0.1) is 0 Å². The summed E-state index contributed by atoms with van der Waals surface area (Å²) in [7, 11) is 0. The summed E-state index contributed by atoms with van der Waals surface area (Å²) in [4.78, 5) is 11.0. The second-order valence-electron chi connectivity index (χ2n) is 3.25. The summed E-state index contributed by atoms with van der Waals surface area (Å²) in [5.74, 6) is -0.122. The third-order valence-electron chi connectivity index (χ3n) is 1.76. The van der Waals surface area contributed by atoms with Gasteiger partial charge in [-0.1, -0.05) is 19.8 Å². The van der Waals surface area contributed by atoms with Gasteiger partial charge < -0.3 is 4.74 Å². The highest BCUT2D eigenvalue weighted by atomic mass is 35.5. The smallest absolute Gasteiger partial charge is 0.305 e. The van der Waals surface area contributed by atoms with Gasteiger partial charge in [-0.3, -0.25) is 4.79 Å². The average molecular weight is 207 g/mol. The first-order valence-corrected chi connectivity index (χ1v) is 5.40. The van der Waals surface area contributed by atoms with Gasteiger partial charge in [-0.25, -0.2) is 0 Å². The van der Waals surface area contributed by atoms with E-state index >= 15 is 0 Å². The van der Waals surface area contributed by atoms with Crippen LogP contribution in [0.4, 0.5) is 0 Å². The lowest BCUT2D eigenvalue weighted by molar-refractivity contribution is -0.143. The van der Waals surface area contributed by atoms with Crippen molar-refractivity contribution in [1.82, 2.24) is 0 Å². The molecule has 78 valence electrons. The molecule has 0 rings (SSSR count). The van der Waals surface area contributed by atoms with Crippen LogP contribution in [-0.4, -0.2) is 18.0 Å². The zero-order chi connectivity index (χ0) is 10.1. The Morgan fingerprint density at radius 3 is 2.69 bits per heavy atom. The molecule has 0 aliphatic carbocycles. The number of rotatable bonds is 7. The lowest BCUT2D eigenvalue weighted by Crippen LogP contribution is -2.07. The highest BCUT2D eigenvalue weighted by molar-refractivity contribution is 6.20. The number of halogens is 1. The fourth-order valence-corrected chi connectivity index (χ4v) is 1.04. The maximum atomic E-state index is 11.0. The molecule has 0 aliphatic heterocycles.